The zero-order valence-corrected chi connectivity index (χ0v) is 15.8. The summed E-state index contributed by atoms with van der Waals surface area (Å²) >= 11 is 0. The molecule has 28 heavy (non-hydrogen) atoms. The molecule has 1 atom stereocenters. The molecule has 0 bridgehead atoms. The molecule has 1 fully saturated rings. The van der Waals surface area contributed by atoms with Crippen LogP contribution in [-0.2, 0) is 6.54 Å². The number of hydrogen-bond donors (Lipinski definition) is 0. The van der Waals surface area contributed by atoms with E-state index in [2.05, 4.69) is 57.0 Å². The molecule has 0 aliphatic carbocycles. The zero-order valence-electron chi connectivity index (χ0n) is 15.8. The van der Waals surface area contributed by atoms with Gasteiger partial charge in [0.2, 0.25) is 0 Å². The molecular weight excluding hydrogens is 346 g/mol. The molecule has 0 radical (unpaired) electrons. The highest BCUT2D eigenvalue weighted by Gasteiger charge is 2.26. The van der Waals surface area contributed by atoms with Crippen LogP contribution in [-0.4, -0.2) is 32.6 Å². The van der Waals surface area contributed by atoms with Crippen LogP contribution < -0.4 is 4.90 Å². The molecule has 4 heterocycles. The van der Waals surface area contributed by atoms with Crippen molar-refractivity contribution in [2.24, 2.45) is 0 Å². The van der Waals surface area contributed by atoms with E-state index in [1.54, 1.807) is 0 Å². The van der Waals surface area contributed by atoms with Crippen LogP contribution in [0.25, 0.3) is 10.8 Å². The topological polar surface area (TPSA) is 46.8 Å². The first-order valence-electron chi connectivity index (χ1n) is 9.87. The molecule has 0 amide bonds. The fraction of sp³-hybridized carbons (Fsp3) is 0.261. The molecule has 5 nitrogen and oxygen atoms in total. The maximum Gasteiger partial charge on any atom is 0.136 e. The van der Waals surface area contributed by atoms with E-state index in [9.17, 15) is 0 Å². The van der Waals surface area contributed by atoms with Gasteiger partial charge in [0.05, 0.1) is 6.54 Å². The van der Waals surface area contributed by atoms with Gasteiger partial charge in [-0.2, -0.15) is 0 Å². The number of piperidine rings is 1. The first-order chi connectivity index (χ1) is 13.9. The van der Waals surface area contributed by atoms with Crippen molar-refractivity contribution in [3.8, 4) is 0 Å². The number of nitrogens with zero attached hydrogens (tertiary/aromatic N) is 5. The van der Waals surface area contributed by atoms with E-state index in [0.717, 1.165) is 44.1 Å². The van der Waals surface area contributed by atoms with E-state index >= 15 is 0 Å². The summed E-state index contributed by atoms with van der Waals surface area (Å²) in [6, 6.07) is 14.7. The van der Waals surface area contributed by atoms with Gasteiger partial charge in [0.15, 0.2) is 0 Å². The highest BCUT2D eigenvalue weighted by molar-refractivity contribution is 5.92. The van der Waals surface area contributed by atoms with Crippen molar-refractivity contribution in [1.29, 1.82) is 0 Å². The Morgan fingerprint density at radius 1 is 0.964 bits per heavy atom. The van der Waals surface area contributed by atoms with Crippen molar-refractivity contribution in [3.05, 3.63) is 84.8 Å². The quantitative estimate of drug-likeness (QED) is 0.539. The molecule has 1 aliphatic heterocycles. The lowest BCUT2D eigenvalue weighted by Crippen LogP contribution is -2.36. The Kier molecular flexibility index (Phi) is 4.49. The summed E-state index contributed by atoms with van der Waals surface area (Å²) in [6.07, 6.45) is 12.0. The summed E-state index contributed by atoms with van der Waals surface area (Å²) in [5.74, 6) is 2.66. The van der Waals surface area contributed by atoms with Gasteiger partial charge in [-0.1, -0.05) is 30.3 Å². The summed E-state index contributed by atoms with van der Waals surface area (Å²) in [5, 5.41) is 2.47. The predicted molar refractivity (Wildman–Crippen MR) is 111 cm³/mol. The van der Waals surface area contributed by atoms with Gasteiger partial charge in [0, 0.05) is 55.4 Å². The molecule has 140 valence electrons. The molecule has 5 rings (SSSR count). The Hall–Kier alpha value is -3.21. The lowest BCUT2D eigenvalue weighted by Gasteiger charge is -2.34. The smallest absolute Gasteiger partial charge is 0.136 e. The molecular formula is C23H23N5. The van der Waals surface area contributed by atoms with Crippen LogP contribution in [0.1, 0.15) is 30.1 Å². The summed E-state index contributed by atoms with van der Waals surface area (Å²) < 4.78 is 2.27. The van der Waals surface area contributed by atoms with Crippen molar-refractivity contribution in [2.75, 3.05) is 18.0 Å². The monoisotopic (exact) mass is 369 g/mol. The van der Waals surface area contributed by atoms with E-state index in [4.69, 9.17) is 9.97 Å². The van der Waals surface area contributed by atoms with E-state index in [1.165, 1.54) is 16.3 Å². The minimum Gasteiger partial charge on any atom is -0.355 e. The summed E-state index contributed by atoms with van der Waals surface area (Å²) in [5.41, 5.74) is 1.20. The van der Waals surface area contributed by atoms with E-state index in [-0.39, 0.29) is 0 Å². The average molecular weight is 369 g/mol. The molecule has 3 aromatic heterocycles. The number of imidazole rings is 1. The lowest BCUT2D eigenvalue weighted by molar-refractivity contribution is 0.475. The number of benzene rings is 1. The minimum atomic E-state index is 0.404. The van der Waals surface area contributed by atoms with E-state index in [0.29, 0.717) is 5.92 Å². The molecule has 0 spiro atoms. The van der Waals surface area contributed by atoms with Crippen LogP contribution in [0.5, 0.6) is 0 Å². The molecule has 0 saturated carbocycles. The standard InChI is InChI=1S/C23H23N5/c1-2-8-21-19(6-1)9-11-25-23(21)27-13-4-7-20(17-27)22-26-12-14-28(22)16-18-5-3-10-24-15-18/h1-3,5-6,8-12,14-15,20H,4,7,13,16-17H2/t20-/m0/s1. The number of aromatic nitrogens is 4. The number of fused-ring (bicyclic) bond motifs is 1. The second-order valence-electron chi connectivity index (χ2n) is 7.42. The third-order valence-corrected chi connectivity index (χ3v) is 5.56. The van der Waals surface area contributed by atoms with Gasteiger partial charge < -0.3 is 9.47 Å². The Labute approximate surface area is 164 Å². The molecule has 4 aromatic rings. The second-order valence-corrected chi connectivity index (χ2v) is 7.42. The maximum absolute atomic E-state index is 4.73. The van der Waals surface area contributed by atoms with Gasteiger partial charge >= 0.3 is 0 Å². The van der Waals surface area contributed by atoms with E-state index in [1.807, 2.05) is 30.9 Å². The average Bonchev–Trinajstić information content (AvgIpc) is 3.22. The Morgan fingerprint density at radius 3 is 2.86 bits per heavy atom. The summed E-state index contributed by atoms with van der Waals surface area (Å²) in [6.45, 7) is 2.80. The maximum atomic E-state index is 4.73. The van der Waals surface area contributed by atoms with Crippen molar-refractivity contribution >= 4 is 16.6 Å². The third kappa shape index (κ3) is 3.24. The number of anilines is 1. The van der Waals surface area contributed by atoms with Gasteiger partial charge in [-0.3, -0.25) is 4.98 Å². The minimum absolute atomic E-state index is 0.404. The summed E-state index contributed by atoms with van der Waals surface area (Å²) in [4.78, 5) is 16.1. The van der Waals surface area contributed by atoms with Gasteiger partial charge in [-0.05, 0) is 35.9 Å². The number of pyridine rings is 2. The lowest BCUT2D eigenvalue weighted by atomic mass is 9.96. The number of rotatable bonds is 4. The Morgan fingerprint density at radius 2 is 1.93 bits per heavy atom. The molecule has 1 saturated heterocycles. The van der Waals surface area contributed by atoms with Gasteiger partial charge in [0.1, 0.15) is 11.6 Å². The van der Waals surface area contributed by atoms with Crippen molar-refractivity contribution < 1.29 is 0 Å². The third-order valence-electron chi connectivity index (χ3n) is 5.56. The first-order valence-corrected chi connectivity index (χ1v) is 9.87. The fourth-order valence-electron chi connectivity index (χ4n) is 4.24. The summed E-state index contributed by atoms with van der Waals surface area (Å²) in [7, 11) is 0. The zero-order chi connectivity index (χ0) is 18.8. The Balaban J connectivity index is 1.42. The van der Waals surface area contributed by atoms with Crippen molar-refractivity contribution in [2.45, 2.75) is 25.3 Å². The molecule has 0 unspecified atom stereocenters. The predicted octanol–water partition coefficient (Wildman–Crippen LogP) is 4.26. The molecule has 5 heteroatoms. The van der Waals surface area contributed by atoms with Crippen molar-refractivity contribution in [1.82, 2.24) is 19.5 Å². The first kappa shape index (κ1) is 16.9. The second kappa shape index (κ2) is 7.43. The van der Waals surface area contributed by atoms with Crippen LogP contribution in [0, 0.1) is 0 Å². The molecule has 1 aliphatic rings. The van der Waals surface area contributed by atoms with Crippen molar-refractivity contribution in [3.63, 3.8) is 0 Å². The van der Waals surface area contributed by atoms with Crippen LogP contribution >= 0.6 is 0 Å². The van der Waals surface area contributed by atoms with Crippen LogP contribution in [0.4, 0.5) is 5.82 Å². The van der Waals surface area contributed by atoms with Crippen LogP contribution in [0.15, 0.2) is 73.4 Å². The SMILES string of the molecule is c1cncc(Cn2ccnc2[C@H]2CCCN(c3nccc4ccccc34)C2)c1. The normalized spacial score (nSPS) is 17.1. The highest BCUT2D eigenvalue weighted by atomic mass is 15.2. The Bertz CT molecular complexity index is 1070. The fourth-order valence-corrected chi connectivity index (χ4v) is 4.24. The largest absolute Gasteiger partial charge is 0.355 e. The van der Waals surface area contributed by atoms with Gasteiger partial charge in [-0.25, -0.2) is 9.97 Å². The van der Waals surface area contributed by atoms with Crippen LogP contribution in [0.3, 0.4) is 0 Å². The van der Waals surface area contributed by atoms with Crippen LogP contribution in [0.2, 0.25) is 0 Å². The van der Waals surface area contributed by atoms with E-state index < -0.39 is 0 Å². The highest BCUT2D eigenvalue weighted by Crippen LogP contribution is 2.32. The molecule has 0 N–H and O–H groups in total. The van der Waals surface area contributed by atoms with Gasteiger partial charge in [-0.15, -0.1) is 0 Å². The van der Waals surface area contributed by atoms with Gasteiger partial charge in [0.25, 0.3) is 0 Å². The molecule has 1 aromatic carbocycles. The number of hydrogen-bond acceptors (Lipinski definition) is 4.